The molecule has 0 radical (unpaired) electrons. The Morgan fingerprint density at radius 2 is 1.05 bits per heavy atom. The highest BCUT2D eigenvalue weighted by molar-refractivity contribution is 5.46. The first kappa shape index (κ1) is 31.6. The van der Waals surface area contributed by atoms with Crippen molar-refractivity contribution in [2.45, 2.75) is 62.3 Å². The lowest BCUT2D eigenvalue weighted by molar-refractivity contribution is 0.582. The van der Waals surface area contributed by atoms with Crippen LogP contribution in [0.3, 0.4) is 0 Å². The number of rotatable bonds is 9. The van der Waals surface area contributed by atoms with Crippen molar-refractivity contribution in [3.05, 3.63) is 167 Å². The van der Waals surface area contributed by atoms with E-state index >= 15 is 0 Å². The van der Waals surface area contributed by atoms with Gasteiger partial charge in [0.15, 0.2) is 0 Å². The molecule has 0 nitrogen and oxygen atoms in total. The fourth-order valence-corrected chi connectivity index (χ4v) is 4.28. The molecule has 0 atom stereocenters. The van der Waals surface area contributed by atoms with Crippen LogP contribution < -0.4 is 0 Å². The molecule has 0 unspecified atom stereocenters. The molecule has 2 aliphatic carbocycles. The first-order valence-corrected chi connectivity index (χ1v) is 14.0. The van der Waals surface area contributed by atoms with Crippen LogP contribution in [0.4, 0.5) is 0 Å². The zero-order chi connectivity index (χ0) is 28.9. The summed E-state index contributed by atoms with van der Waals surface area (Å²) in [6.07, 6.45) is 45.4. The Labute approximate surface area is 239 Å². The van der Waals surface area contributed by atoms with Gasteiger partial charge in [-0.1, -0.05) is 178 Å². The van der Waals surface area contributed by atoms with Crippen molar-refractivity contribution >= 4 is 0 Å². The molecule has 0 spiro atoms. The summed E-state index contributed by atoms with van der Waals surface area (Å²) in [5.41, 5.74) is 9.08. The van der Waals surface area contributed by atoms with Gasteiger partial charge in [0.1, 0.15) is 0 Å². The third-order valence-electron chi connectivity index (χ3n) is 6.93. The lowest BCUT2D eigenvalue weighted by Crippen LogP contribution is -2.14. The molecule has 0 aliphatic heterocycles. The minimum Gasteiger partial charge on any atom is -0.0745 e. The monoisotopic (exact) mass is 516 g/mol. The van der Waals surface area contributed by atoms with Gasteiger partial charge in [-0.05, 0) is 51.3 Å². The zero-order valence-corrected chi connectivity index (χ0v) is 25.6. The molecule has 0 aromatic carbocycles. The maximum atomic E-state index is 2.26. The molecule has 0 fully saturated rings. The highest BCUT2D eigenvalue weighted by Crippen LogP contribution is 2.36. The second kappa shape index (κ2) is 15.1. The molecule has 0 heteroatoms. The van der Waals surface area contributed by atoms with Gasteiger partial charge in [0.25, 0.3) is 0 Å². The quantitative estimate of drug-likeness (QED) is 0.267. The van der Waals surface area contributed by atoms with Gasteiger partial charge in [-0.25, -0.2) is 0 Å². The fourth-order valence-electron chi connectivity index (χ4n) is 4.28. The third-order valence-corrected chi connectivity index (χ3v) is 6.93. The van der Waals surface area contributed by atoms with E-state index in [1.54, 1.807) is 0 Å². The van der Waals surface area contributed by atoms with Gasteiger partial charge in [-0.3, -0.25) is 0 Å². The lowest BCUT2D eigenvalue weighted by Gasteiger charge is -2.27. The van der Waals surface area contributed by atoms with Gasteiger partial charge in [0, 0.05) is 10.8 Å². The van der Waals surface area contributed by atoms with Gasteiger partial charge in [0.05, 0.1) is 0 Å². The standard InChI is InChI=1S/C39H48/c1-31(19-14-21-33(3)25-27-36-24-12-13-29-38(36,6)7)17-10-11-18-32(2)20-15-22-34(4)26-28-37-35(5)23-16-30-39(37,8)9/h10-30H,1-9H3/b17-10+,18-11+,21-14+,22-15+,31-19+,32-20+,33-25+,34-26+,36-27+,37-28-. The van der Waals surface area contributed by atoms with Crippen LogP contribution in [0.25, 0.3) is 0 Å². The Morgan fingerprint density at radius 1 is 0.564 bits per heavy atom. The molecule has 0 saturated heterocycles. The largest absolute Gasteiger partial charge is 0.0745 e. The molecular formula is C39H48. The van der Waals surface area contributed by atoms with Crippen molar-refractivity contribution in [1.29, 1.82) is 0 Å². The van der Waals surface area contributed by atoms with Gasteiger partial charge < -0.3 is 0 Å². The molecule has 204 valence electrons. The van der Waals surface area contributed by atoms with E-state index in [-0.39, 0.29) is 10.8 Å². The van der Waals surface area contributed by atoms with E-state index in [2.05, 4.69) is 190 Å². The van der Waals surface area contributed by atoms with Gasteiger partial charge in [-0.2, -0.15) is 0 Å². The van der Waals surface area contributed by atoms with Crippen LogP contribution in [0.2, 0.25) is 0 Å². The Hall–Kier alpha value is -3.64. The number of hydrogen-bond acceptors (Lipinski definition) is 0. The Kier molecular flexibility index (Phi) is 12.2. The van der Waals surface area contributed by atoms with E-state index in [4.69, 9.17) is 0 Å². The van der Waals surface area contributed by atoms with Crippen molar-refractivity contribution in [3.63, 3.8) is 0 Å². The minimum atomic E-state index is 0.0773. The summed E-state index contributed by atoms with van der Waals surface area (Å²) in [6.45, 7) is 19.7. The van der Waals surface area contributed by atoms with E-state index < -0.39 is 0 Å². The molecule has 0 saturated carbocycles. The second-order valence-electron chi connectivity index (χ2n) is 11.7. The number of hydrogen-bond donors (Lipinski definition) is 0. The Balaban J connectivity index is 1.88. The average Bonchev–Trinajstić information content (AvgIpc) is 2.85. The van der Waals surface area contributed by atoms with E-state index in [1.165, 1.54) is 39.0 Å². The summed E-state index contributed by atoms with van der Waals surface area (Å²) in [5.74, 6) is 0. The van der Waals surface area contributed by atoms with Crippen molar-refractivity contribution < 1.29 is 0 Å². The lowest BCUT2D eigenvalue weighted by atomic mass is 9.77. The van der Waals surface area contributed by atoms with Crippen LogP contribution in [-0.2, 0) is 0 Å². The molecule has 0 aromatic rings. The van der Waals surface area contributed by atoms with Crippen LogP contribution in [0.5, 0.6) is 0 Å². The Bertz CT molecular complexity index is 1300. The van der Waals surface area contributed by atoms with Crippen LogP contribution in [0.15, 0.2) is 167 Å². The predicted octanol–water partition coefficient (Wildman–Crippen LogP) is 11.5. The third kappa shape index (κ3) is 11.3. The highest BCUT2D eigenvalue weighted by Gasteiger charge is 2.22. The molecule has 0 N–H and O–H groups in total. The van der Waals surface area contributed by atoms with E-state index in [1.807, 2.05) is 0 Å². The fraction of sp³-hybridized carbons (Fsp3) is 0.282. The molecule has 0 heterocycles. The first-order chi connectivity index (χ1) is 18.4. The molecular weight excluding hydrogens is 468 g/mol. The summed E-state index contributed by atoms with van der Waals surface area (Å²) < 4.78 is 0. The average molecular weight is 517 g/mol. The maximum Gasteiger partial charge on any atom is 0.00810 e. The SMILES string of the molecule is CC1=CC=CC(C)(C)\C1=C/C=C(C)/C=C/C=C(C)/C=C/C=C/C(C)=C/C=C/C(C)=C/C=C1\C=CC=CC1(C)C. The normalized spacial score (nSPS) is 22.5. The van der Waals surface area contributed by atoms with Crippen LogP contribution in [0, 0.1) is 10.8 Å². The van der Waals surface area contributed by atoms with Crippen molar-refractivity contribution in [2.75, 3.05) is 0 Å². The van der Waals surface area contributed by atoms with Crippen LogP contribution in [-0.4, -0.2) is 0 Å². The summed E-state index contributed by atoms with van der Waals surface area (Å²) in [7, 11) is 0. The van der Waals surface area contributed by atoms with E-state index in [9.17, 15) is 0 Å². The zero-order valence-electron chi connectivity index (χ0n) is 25.6. The predicted molar refractivity (Wildman–Crippen MR) is 176 cm³/mol. The van der Waals surface area contributed by atoms with Gasteiger partial charge >= 0.3 is 0 Å². The smallest absolute Gasteiger partial charge is 0.00810 e. The number of allylic oxidation sites excluding steroid dienone is 28. The summed E-state index contributed by atoms with van der Waals surface area (Å²) in [4.78, 5) is 0. The minimum absolute atomic E-state index is 0.0773. The topological polar surface area (TPSA) is 0 Å². The van der Waals surface area contributed by atoms with Crippen LogP contribution in [0.1, 0.15) is 62.3 Å². The molecule has 39 heavy (non-hydrogen) atoms. The van der Waals surface area contributed by atoms with Gasteiger partial charge in [-0.15, -0.1) is 0 Å². The summed E-state index contributed by atoms with van der Waals surface area (Å²) in [5, 5.41) is 0. The molecule has 2 aliphatic rings. The molecule has 0 amide bonds. The van der Waals surface area contributed by atoms with Gasteiger partial charge in [0.2, 0.25) is 0 Å². The maximum absolute atomic E-state index is 2.26. The van der Waals surface area contributed by atoms with Crippen molar-refractivity contribution in [3.8, 4) is 0 Å². The highest BCUT2D eigenvalue weighted by atomic mass is 14.3. The second-order valence-corrected chi connectivity index (χ2v) is 11.7. The Morgan fingerprint density at radius 3 is 1.59 bits per heavy atom. The van der Waals surface area contributed by atoms with Crippen LogP contribution >= 0.6 is 0 Å². The van der Waals surface area contributed by atoms with E-state index in [0.717, 1.165) is 0 Å². The molecule has 0 aromatic heterocycles. The summed E-state index contributed by atoms with van der Waals surface area (Å²) in [6, 6.07) is 0. The summed E-state index contributed by atoms with van der Waals surface area (Å²) >= 11 is 0. The van der Waals surface area contributed by atoms with E-state index in [0.29, 0.717) is 0 Å². The molecule has 2 rings (SSSR count). The van der Waals surface area contributed by atoms with Crippen molar-refractivity contribution in [2.24, 2.45) is 10.8 Å². The molecule has 0 bridgehead atoms. The van der Waals surface area contributed by atoms with Crippen molar-refractivity contribution in [1.82, 2.24) is 0 Å². The first-order valence-electron chi connectivity index (χ1n) is 14.0.